The van der Waals surface area contributed by atoms with Crippen LogP contribution in [0.15, 0.2) is 6.07 Å². The van der Waals surface area contributed by atoms with Crippen LogP contribution in [0.2, 0.25) is 0 Å². The summed E-state index contributed by atoms with van der Waals surface area (Å²) in [6, 6.07) is 1.23. The van der Waals surface area contributed by atoms with Gasteiger partial charge in [0.2, 0.25) is 0 Å². The lowest BCUT2D eigenvalue weighted by atomic mass is 10.1. The van der Waals surface area contributed by atoms with E-state index >= 15 is 0 Å². The molecule has 0 spiro atoms. The summed E-state index contributed by atoms with van der Waals surface area (Å²) >= 11 is 0. The zero-order chi connectivity index (χ0) is 14.1. The van der Waals surface area contributed by atoms with Crippen LogP contribution in [0.1, 0.15) is 39.0 Å². The monoisotopic (exact) mass is 281 g/mol. The van der Waals surface area contributed by atoms with Gasteiger partial charge in [0.1, 0.15) is 0 Å². The van der Waals surface area contributed by atoms with Gasteiger partial charge in [-0.05, 0) is 43.9 Å². The summed E-state index contributed by atoms with van der Waals surface area (Å²) in [7, 11) is 0. The van der Waals surface area contributed by atoms with Gasteiger partial charge >= 0.3 is 0 Å². The maximum atomic E-state index is 13.9. The highest BCUT2D eigenvalue weighted by molar-refractivity contribution is 5.48. The van der Waals surface area contributed by atoms with Crippen molar-refractivity contribution in [3.63, 3.8) is 0 Å². The van der Waals surface area contributed by atoms with Crippen molar-refractivity contribution in [1.82, 2.24) is 4.98 Å². The molecule has 1 aromatic rings. The van der Waals surface area contributed by atoms with E-state index in [0.29, 0.717) is 24.4 Å². The topological polar surface area (TPSA) is 37.0 Å². The van der Waals surface area contributed by atoms with Crippen LogP contribution in [-0.4, -0.2) is 17.6 Å². The zero-order valence-corrected chi connectivity index (χ0v) is 11.8. The molecule has 0 bridgehead atoms. The molecule has 2 N–H and O–H groups in total. The number of rotatable bonds is 7. The number of nitrogens with zero attached hydrogens (tertiary/aromatic N) is 1. The number of halogens is 2. The lowest BCUT2D eigenvalue weighted by molar-refractivity contribution is 0.545. The molecule has 2 fully saturated rings. The van der Waals surface area contributed by atoms with E-state index in [2.05, 4.69) is 15.6 Å². The van der Waals surface area contributed by atoms with Crippen molar-refractivity contribution in [2.24, 2.45) is 11.8 Å². The van der Waals surface area contributed by atoms with Crippen LogP contribution in [0.25, 0.3) is 0 Å². The third-order valence-electron chi connectivity index (χ3n) is 4.04. The smallest absolute Gasteiger partial charge is 0.168 e. The second kappa shape index (κ2) is 5.54. The summed E-state index contributed by atoms with van der Waals surface area (Å²) in [5.74, 6) is 0.378. The zero-order valence-electron chi connectivity index (χ0n) is 11.8. The summed E-state index contributed by atoms with van der Waals surface area (Å²) < 4.78 is 27.5. The predicted molar refractivity (Wildman–Crippen MR) is 75.8 cm³/mol. The molecule has 0 aliphatic heterocycles. The van der Waals surface area contributed by atoms with Gasteiger partial charge in [-0.3, -0.25) is 0 Å². The molecule has 3 nitrogen and oxygen atoms in total. The molecule has 110 valence electrons. The second-order valence-electron chi connectivity index (χ2n) is 5.92. The van der Waals surface area contributed by atoms with Gasteiger partial charge in [-0.25, -0.2) is 13.8 Å². The lowest BCUT2D eigenvalue weighted by Crippen LogP contribution is -2.25. The largest absolute Gasteiger partial charge is 0.368 e. The fourth-order valence-corrected chi connectivity index (χ4v) is 2.62. The Morgan fingerprint density at radius 2 is 1.75 bits per heavy atom. The number of pyridine rings is 1. The van der Waals surface area contributed by atoms with Crippen molar-refractivity contribution in [2.45, 2.75) is 45.1 Å². The molecule has 0 unspecified atom stereocenters. The van der Waals surface area contributed by atoms with Gasteiger partial charge in [0.15, 0.2) is 23.3 Å². The van der Waals surface area contributed by atoms with Gasteiger partial charge < -0.3 is 10.6 Å². The van der Waals surface area contributed by atoms with E-state index in [0.717, 1.165) is 12.5 Å². The van der Waals surface area contributed by atoms with Crippen LogP contribution in [-0.2, 0) is 0 Å². The molecule has 0 radical (unpaired) electrons. The maximum absolute atomic E-state index is 13.9. The average Bonchev–Trinajstić information content (AvgIpc) is 3.27. The number of hydrogen-bond acceptors (Lipinski definition) is 3. The van der Waals surface area contributed by atoms with E-state index in [1.165, 1.54) is 25.7 Å². The van der Waals surface area contributed by atoms with Crippen LogP contribution < -0.4 is 10.6 Å². The van der Waals surface area contributed by atoms with E-state index < -0.39 is 11.6 Å². The van der Waals surface area contributed by atoms with Gasteiger partial charge in [-0.15, -0.1) is 0 Å². The first-order valence-electron chi connectivity index (χ1n) is 7.55. The SMILES string of the molecule is CCCNc1nc(NC(C2CC2)C2CC2)c(F)cc1F. The third kappa shape index (κ3) is 3.02. The van der Waals surface area contributed by atoms with Crippen molar-refractivity contribution in [2.75, 3.05) is 17.2 Å². The van der Waals surface area contributed by atoms with E-state index in [-0.39, 0.29) is 11.6 Å². The summed E-state index contributed by atoms with van der Waals surface area (Å²) in [6.07, 6.45) is 5.69. The standard InChI is InChI=1S/C15H21F2N3/c1-2-7-18-14-11(16)8-12(17)15(20-14)19-13(9-3-4-9)10-5-6-10/h8-10,13H,2-7H2,1H3,(H2,18,19,20). The number of anilines is 2. The van der Waals surface area contributed by atoms with E-state index in [1.54, 1.807) is 0 Å². The summed E-state index contributed by atoms with van der Waals surface area (Å²) in [5.41, 5.74) is 0. The van der Waals surface area contributed by atoms with Crippen LogP contribution in [0.4, 0.5) is 20.4 Å². The van der Waals surface area contributed by atoms with Gasteiger partial charge in [0, 0.05) is 18.7 Å². The number of hydrogen-bond donors (Lipinski definition) is 2. The normalized spacial score (nSPS) is 18.4. The second-order valence-corrected chi connectivity index (χ2v) is 5.92. The van der Waals surface area contributed by atoms with Gasteiger partial charge in [0.05, 0.1) is 0 Å². The summed E-state index contributed by atoms with van der Waals surface area (Å²) in [5, 5.41) is 6.12. The average molecular weight is 281 g/mol. The Balaban J connectivity index is 1.76. The van der Waals surface area contributed by atoms with Crippen molar-refractivity contribution in [3.05, 3.63) is 17.7 Å². The predicted octanol–water partition coefficient (Wildman–Crippen LogP) is 3.78. The number of aromatic nitrogens is 1. The molecule has 0 atom stereocenters. The van der Waals surface area contributed by atoms with Crippen molar-refractivity contribution in [3.8, 4) is 0 Å². The molecule has 20 heavy (non-hydrogen) atoms. The first-order valence-corrected chi connectivity index (χ1v) is 7.55. The fourth-order valence-electron chi connectivity index (χ4n) is 2.62. The molecule has 2 aliphatic rings. The Kier molecular flexibility index (Phi) is 3.76. The molecule has 0 aromatic carbocycles. The minimum atomic E-state index is -0.629. The highest BCUT2D eigenvalue weighted by Crippen LogP contribution is 2.46. The van der Waals surface area contributed by atoms with Gasteiger partial charge in [-0.1, -0.05) is 6.92 Å². The maximum Gasteiger partial charge on any atom is 0.168 e. The Hall–Kier alpha value is -1.39. The van der Waals surface area contributed by atoms with Crippen LogP contribution in [0.5, 0.6) is 0 Å². The quantitative estimate of drug-likeness (QED) is 0.798. The van der Waals surface area contributed by atoms with E-state index in [4.69, 9.17) is 0 Å². The van der Waals surface area contributed by atoms with E-state index in [1.807, 2.05) is 6.92 Å². The molecule has 0 saturated heterocycles. The molecule has 3 rings (SSSR count). The summed E-state index contributed by atoms with van der Waals surface area (Å²) in [6.45, 7) is 2.62. The molecule has 5 heteroatoms. The van der Waals surface area contributed by atoms with Crippen molar-refractivity contribution < 1.29 is 8.78 Å². The first-order chi connectivity index (χ1) is 9.69. The minimum absolute atomic E-state index is 0.140. The minimum Gasteiger partial charge on any atom is -0.368 e. The highest BCUT2D eigenvalue weighted by Gasteiger charge is 2.42. The number of nitrogens with one attached hydrogen (secondary N) is 2. The van der Waals surface area contributed by atoms with Gasteiger partial charge in [-0.2, -0.15) is 0 Å². The third-order valence-corrected chi connectivity index (χ3v) is 4.04. The molecule has 2 aliphatic carbocycles. The van der Waals surface area contributed by atoms with Crippen LogP contribution >= 0.6 is 0 Å². The molecule has 1 aromatic heterocycles. The Morgan fingerprint density at radius 1 is 1.15 bits per heavy atom. The Bertz CT molecular complexity index is 472. The molecular weight excluding hydrogens is 260 g/mol. The summed E-state index contributed by atoms with van der Waals surface area (Å²) in [4.78, 5) is 4.10. The van der Waals surface area contributed by atoms with Crippen molar-refractivity contribution in [1.29, 1.82) is 0 Å². The Morgan fingerprint density at radius 3 is 2.30 bits per heavy atom. The lowest BCUT2D eigenvalue weighted by Gasteiger charge is -2.19. The van der Waals surface area contributed by atoms with Crippen molar-refractivity contribution >= 4 is 11.6 Å². The molecule has 2 saturated carbocycles. The Labute approximate surface area is 118 Å². The molecule has 0 amide bonds. The van der Waals surface area contributed by atoms with E-state index in [9.17, 15) is 8.78 Å². The van der Waals surface area contributed by atoms with Crippen LogP contribution in [0, 0.1) is 23.5 Å². The van der Waals surface area contributed by atoms with Crippen LogP contribution in [0.3, 0.4) is 0 Å². The fraction of sp³-hybridized carbons (Fsp3) is 0.667. The molecule has 1 heterocycles. The first kappa shape index (κ1) is 13.6. The van der Waals surface area contributed by atoms with Gasteiger partial charge in [0.25, 0.3) is 0 Å². The molecular formula is C15H21F2N3. The highest BCUT2D eigenvalue weighted by atomic mass is 19.1.